The highest BCUT2D eigenvalue weighted by atomic mass is 79.9. The maximum Gasteiger partial charge on any atom is 0.0412 e. The molecule has 0 heterocycles. The fraction of sp³-hybridized carbons (Fsp3) is 0. The highest BCUT2D eigenvalue weighted by Gasteiger charge is 2.05. The van der Waals surface area contributed by atoms with Gasteiger partial charge in [-0.15, -0.1) is 0 Å². The molecule has 0 atom stereocenters. The van der Waals surface area contributed by atoms with Crippen LogP contribution in [-0.2, 0) is 0 Å². The Kier molecular flexibility index (Phi) is 3.90. The number of halogens is 2. The lowest BCUT2D eigenvalue weighted by Crippen LogP contribution is -1.83. The lowest BCUT2D eigenvalue weighted by atomic mass is 9.99. The Morgan fingerprint density at radius 3 is 2.15 bits per heavy atom. The van der Waals surface area contributed by atoms with Gasteiger partial charge in [-0.3, -0.25) is 0 Å². The van der Waals surface area contributed by atoms with Crippen molar-refractivity contribution >= 4 is 27.5 Å². The first-order chi connectivity index (χ1) is 9.74. The standard InChI is InChI=1S/C18H12BrCl/c19-18-10-9-16(20)12-17(18)15-8-4-7-14(11-15)13-5-2-1-3-6-13/h1-12H. The van der Waals surface area contributed by atoms with Crippen molar-refractivity contribution in [3.63, 3.8) is 0 Å². The minimum Gasteiger partial charge on any atom is -0.0843 e. The Balaban J connectivity index is 2.10. The zero-order valence-electron chi connectivity index (χ0n) is 10.7. The molecule has 0 saturated carbocycles. The first-order valence-electron chi connectivity index (χ1n) is 6.35. The molecule has 98 valence electrons. The predicted octanol–water partition coefficient (Wildman–Crippen LogP) is 6.44. The molecular formula is C18H12BrCl. The van der Waals surface area contributed by atoms with Crippen LogP contribution in [0.5, 0.6) is 0 Å². The molecule has 0 aliphatic carbocycles. The van der Waals surface area contributed by atoms with Crippen LogP contribution in [0.4, 0.5) is 0 Å². The van der Waals surface area contributed by atoms with Gasteiger partial charge < -0.3 is 0 Å². The van der Waals surface area contributed by atoms with Crippen LogP contribution in [0.25, 0.3) is 22.3 Å². The van der Waals surface area contributed by atoms with E-state index in [1.165, 1.54) is 11.1 Å². The summed E-state index contributed by atoms with van der Waals surface area (Å²) in [4.78, 5) is 0. The van der Waals surface area contributed by atoms with Gasteiger partial charge in [0.05, 0.1) is 0 Å². The van der Waals surface area contributed by atoms with E-state index in [4.69, 9.17) is 11.6 Å². The van der Waals surface area contributed by atoms with Crippen molar-refractivity contribution in [2.24, 2.45) is 0 Å². The Hall–Kier alpha value is -1.57. The molecule has 2 heteroatoms. The summed E-state index contributed by atoms with van der Waals surface area (Å²) in [5.41, 5.74) is 4.68. The molecule has 3 aromatic carbocycles. The van der Waals surface area contributed by atoms with E-state index in [9.17, 15) is 0 Å². The Morgan fingerprint density at radius 1 is 0.650 bits per heavy atom. The first-order valence-corrected chi connectivity index (χ1v) is 7.52. The molecule has 0 aliphatic rings. The van der Waals surface area contributed by atoms with E-state index in [2.05, 4.69) is 64.5 Å². The molecule has 0 amide bonds. The second kappa shape index (κ2) is 5.82. The van der Waals surface area contributed by atoms with Crippen molar-refractivity contribution in [2.75, 3.05) is 0 Å². The van der Waals surface area contributed by atoms with Gasteiger partial charge in [0.2, 0.25) is 0 Å². The molecule has 0 bridgehead atoms. The van der Waals surface area contributed by atoms with Crippen LogP contribution in [-0.4, -0.2) is 0 Å². The van der Waals surface area contributed by atoms with Crippen LogP contribution in [0, 0.1) is 0 Å². The molecule has 0 aliphatic heterocycles. The Morgan fingerprint density at radius 2 is 1.35 bits per heavy atom. The van der Waals surface area contributed by atoms with Crippen LogP contribution in [0.2, 0.25) is 5.02 Å². The van der Waals surface area contributed by atoms with E-state index in [-0.39, 0.29) is 0 Å². The normalized spacial score (nSPS) is 10.5. The lowest BCUT2D eigenvalue weighted by molar-refractivity contribution is 1.57. The van der Waals surface area contributed by atoms with Crippen LogP contribution in [0.3, 0.4) is 0 Å². The zero-order chi connectivity index (χ0) is 13.9. The van der Waals surface area contributed by atoms with Gasteiger partial charge in [-0.05, 0) is 46.5 Å². The van der Waals surface area contributed by atoms with Crippen molar-refractivity contribution in [3.8, 4) is 22.3 Å². The second-order valence-corrected chi connectivity index (χ2v) is 5.86. The van der Waals surface area contributed by atoms with Crippen molar-refractivity contribution in [3.05, 3.63) is 82.3 Å². The molecule has 0 aromatic heterocycles. The monoisotopic (exact) mass is 342 g/mol. The van der Waals surface area contributed by atoms with Gasteiger partial charge >= 0.3 is 0 Å². The number of hydrogen-bond acceptors (Lipinski definition) is 0. The van der Waals surface area contributed by atoms with Crippen molar-refractivity contribution < 1.29 is 0 Å². The predicted molar refractivity (Wildman–Crippen MR) is 90.0 cm³/mol. The molecule has 0 radical (unpaired) electrons. The van der Waals surface area contributed by atoms with Crippen molar-refractivity contribution in [2.45, 2.75) is 0 Å². The maximum absolute atomic E-state index is 6.10. The van der Waals surface area contributed by atoms with Gasteiger partial charge in [-0.2, -0.15) is 0 Å². The fourth-order valence-corrected chi connectivity index (χ4v) is 2.86. The summed E-state index contributed by atoms with van der Waals surface area (Å²) < 4.78 is 1.05. The van der Waals surface area contributed by atoms with E-state index in [1.807, 2.05) is 24.3 Å². The summed E-state index contributed by atoms with van der Waals surface area (Å²) in [6, 6.07) is 24.7. The van der Waals surface area contributed by atoms with E-state index >= 15 is 0 Å². The molecule has 0 saturated heterocycles. The molecule has 0 nitrogen and oxygen atoms in total. The molecule has 3 rings (SSSR count). The highest BCUT2D eigenvalue weighted by molar-refractivity contribution is 9.10. The second-order valence-electron chi connectivity index (χ2n) is 4.57. The fourth-order valence-electron chi connectivity index (χ4n) is 2.22. The van der Waals surface area contributed by atoms with E-state index in [0.29, 0.717) is 0 Å². The molecule has 3 aromatic rings. The molecule has 0 unspecified atom stereocenters. The number of hydrogen-bond donors (Lipinski definition) is 0. The average molecular weight is 344 g/mol. The summed E-state index contributed by atoms with van der Waals surface area (Å²) >= 11 is 9.69. The van der Waals surface area contributed by atoms with E-state index in [1.54, 1.807) is 0 Å². The summed E-state index contributed by atoms with van der Waals surface area (Å²) in [6.45, 7) is 0. The third-order valence-corrected chi connectivity index (χ3v) is 4.14. The van der Waals surface area contributed by atoms with Crippen molar-refractivity contribution in [1.29, 1.82) is 0 Å². The van der Waals surface area contributed by atoms with Crippen LogP contribution < -0.4 is 0 Å². The number of benzene rings is 3. The minimum atomic E-state index is 0.744. The van der Waals surface area contributed by atoms with Crippen molar-refractivity contribution in [1.82, 2.24) is 0 Å². The van der Waals surface area contributed by atoms with E-state index < -0.39 is 0 Å². The number of rotatable bonds is 2. The van der Waals surface area contributed by atoms with Crippen LogP contribution in [0.1, 0.15) is 0 Å². The maximum atomic E-state index is 6.10. The quantitative estimate of drug-likeness (QED) is 0.502. The Labute approximate surface area is 132 Å². The van der Waals surface area contributed by atoms with Gasteiger partial charge in [0.25, 0.3) is 0 Å². The van der Waals surface area contributed by atoms with Gasteiger partial charge in [0, 0.05) is 9.50 Å². The lowest BCUT2D eigenvalue weighted by Gasteiger charge is -2.08. The summed E-state index contributed by atoms with van der Waals surface area (Å²) in [6.07, 6.45) is 0. The summed E-state index contributed by atoms with van der Waals surface area (Å²) in [5, 5.41) is 0.744. The summed E-state index contributed by atoms with van der Waals surface area (Å²) in [7, 11) is 0. The smallest absolute Gasteiger partial charge is 0.0412 e. The minimum absolute atomic E-state index is 0.744. The highest BCUT2D eigenvalue weighted by Crippen LogP contribution is 2.33. The van der Waals surface area contributed by atoms with Gasteiger partial charge in [-0.25, -0.2) is 0 Å². The van der Waals surface area contributed by atoms with Gasteiger partial charge in [-0.1, -0.05) is 76.1 Å². The van der Waals surface area contributed by atoms with Gasteiger partial charge in [0.1, 0.15) is 0 Å². The molecule has 20 heavy (non-hydrogen) atoms. The largest absolute Gasteiger partial charge is 0.0843 e. The van der Waals surface area contributed by atoms with Crippen LogP contribution in [0.15, 0.2) is 77.3 Å². The zero-order valence-corrected chi connectivity index (χ0v) is 13.0. The third-order valence-electron chi connectivity index (χ3n) is 3.21. The third kappa shape index (κ3) is 2.79. The summed E-state index contributed by atoms with van der Waals surface area (Å²) in [5.74, 6) is 0. The Bertz CT molecular complexity index is 735. The first kappa shape index (κ1) is 13.4. The van der Waals surface area contributed by atoms with E-state index in [0.717, 1.165) is 20.6 Å². The topological polar surface area (TPSA) is 0 Å². The molecule has 0 fully saturated rings. The molecular weight excluding hydrogens is 332 g/mol. The average Bonchev–Trinajstić information content (AvgIpc) is 2.51. The SMILES string of the molecule is Clc1ccc(Br)c(-c2cccc(-c3ccccc3)c2)c1. The van der Waals surface area contributed by atoms with Gasteiger partial charge in [0.15, 0.2) is 0 Å². The molecule has 0 spiro atoms. The molecule has 0 N–H and O–H groups in total. The van der Waals surface area contributed by atoms with Crippen LogP contribution >= 0.6 is 27.5 Å².